The molecule has 43 heavy (non-hydrogen) atoms. The van der Waals surface area contributed by atoms with Gasteiger partial charge in [0.2, 0.25) is 5.82 Å². The fourth-order valence-corrected chi connectivity index (χ4v) is 17.9. The van der Waals surface area contributed by atoms with Crippen LogP contribution in [0.4, 0.5) is 22.0 Å². The Morgan fingerprint density at radius 3 is 1.63 bits per heavy atom. The van der Waals surface area contributed by atoms with Crippen molar-refractivity contribution in [1.29, 1.82) is 0 Å². The number of fused-ring (bicyclic) bond motifs is 1. The molecular formula is C31H45F5O4SSi2. The van der Waals surface area contributed by atoms with Crippen LogP contribution < -0.4 is 8.61 Å². The first-order valence-electron chi connectivity index (χ1n) is 14.7. The van der Waals surface area contributed by atoms with Crippen LogP contribution in [0.2, 0.25) is 33.2 Å². The van der Waals surface area contributed by atoms with Gasteiger partial charge >= 0.3 is 15.6 Å². The van der Waals surface area contributed by atoms with Crippen molar-refractivity contribution >= 4 is 37.3 Å². The van der Waals surface area contributed by atoms with Crippen LogP contribution in [0.5, 0.6) is 11.5 Å². The van der Waals surface area contributed by atoms with Gasteiger partial charge < -0.3 is 8.61 Å². The normalized spacial score (nSPS) is 13.6. The SMILES string of the molecule is CC(C)[Si](C#Cc1c(F)ccc2cc(O[Si](C(C)C)(C(C)C)C(C)C)c(F)c(OS(=O)(=O)C(F)(F)F)c12)(C(C)C)C(C)C. The Hall–Kier alpha value is -2.11. The van der Waals surface area contributed by atoms with E-state index in [-0.39, 0.29) is 38.6 Å². The molecule has 0 unspecified atom stereocenters. The third-order valence-corrected chi connectivity index (χ3v) is 22.1. The Kier molecular flexibility index (Phi) is 11.3. The predicted octanol–water partition coefficient (Wildman–Crippen LogP) is 10.5. The van der Waals surface area contributed by atoms with Crippen molar-refractivity contribution in [3.05, 3.63) is 35.4 Å². The van der Waals surface area contributed by atoms with Crippen molar-refractivity contribution in [3.8, 4) is 23.0 Å². The van der Waals surface area contributed by atoms with Crippen LogP contribution >= 0.6 is 0 Å². The molecule has 0 fully saturated rings. The van der Waals surface area contributed by atoms with Gasteiger partial charge in [0.25, 0.3) is 8.32 Å². The molecule has 0 aliphatic heterocycles. The molecule has 0 saturated heterocycles. The highest BCUT2D eigenvalue weighted by Crippen LogP contribution is 2.47. The average Bonchev–Trinajstić information content (AvgIpc) is 2.84. The molecule has 0 N–H and O–H groups in total. The zero-order valence-electron chi connectivity index (χ0n) is 27.1. The van der Waals surface area contributed by atoms with Gasteiger partial charge in [0.05, 0.1) is 5.56 Å². The molecule has 0 aliphatic carbocycles. The quantitative estimate of drug-likeness (QED) is 0.0834. The van der Waals surface area contributed by atoms with E-state index in [1.165, 1.54) is 12.1 Å². The van der Waals surface area contributed by atoms with Crippen molar-refractivity contribution in [3.63, 3.8) is 0 Å². The van der Waals surface area contributed by atoms with Crippen molar-refractivity contribution in [2.45, 2.75) is 122 Å². The molecule has 2 aromatic carbocycles. The molecule has 0 atom stereocenters. The van der Waals surface area contributed by atoms with Crippen LogP contribution in [0.15, 0.2) is 18.2 Å². The first-order valence-corrected chi connectivity index (χ1v) is 20.4. The molecule has 0 saturated carbocycles. The molecular weight excluding hydrogens is 620 g/mol. The topological polar surface area (TPSA) is 52.6 Å². The Labute approximate surface area is 256 Å². The van der Waals surface area contributed by atoms with E-state index < -0.39 is 66.1 Å². The molecule has 0 aromatic heterocycles. The van der Waals surface area contributed by atoms with E-state index in [4.69, 9.17) is 4.43 Å². The van der Waals surface area contributed by atoms with Gasteiger partial charge in [-0.2, -0.15) is 26.0 Å². The van der Waals surface area contributed by atoms with Gasteiger partial charge in [-0.15, -0.1) is 5.54 Å². The summed E-state index contributed by atoms with van der Waals surface area (Å²) in [6.07, 6.45) is 0. The van der Waals surface area contributed by atoms with Crippen molar-refractivity contribution < 1.29 is 39.0 Å². The maximum atomic E-state index is 16.4. The summed E-state index contributed by atoms with van der Waals surface area (Å²) in [6, 6.07) is 3.59. The zero-order chi connectivity index (χ0) is 33.5. The molecule has 0 aliphatic rings. The second-order valence-corrected chi connectivity index (χ2v) is 25.6. The van der Waals surface area contributed by atoms with E-state index in [1.807, 2.05) is 83.1 Å². The zero-order valence-corrected chi connectivity index (χ0v) is 29.9. The summed E-state index contributed by atoms with van der Waals surface area (Å²) in [5.41, 5.74) is -2.70. The predicted molar refractivity (Wildman–Crippen MR) is 169 cm³/mol. The summed E-state index contributed by atoms with van der Waals surface area (Å²) in [4.78, 5) is 0. The molecule has 0 bridgehead atoms. The van der Waals surface area contributed by atoms with Gasteiger partial charge in [-0.25, -0.2) is 4.39 Å². The minimum atomic E-state index is -6.33. The Morgan fingerprint density at radius 2 is 1.23 bits per heavy atom. The van der Waals surface area contributed by atoms with Crippen LogP contribution in [-0.2, 0) is 10.1 Å². The van der Waals surface area contributed by atoms with E-state index in [2.05, 4.69) is 15.6 Å². The largest absolute Gasteiger partial charge is 0.541 e. The summed E-state index contributed by atoms with van der Waals surface area (Å²) in [5, 5.41) is -0.449. The minimum absolute atomic E-state index is 0.0401. The molecule has 0 amide bonds. The molecule has 12 heteroatoms. The highest BCUT2D eigenvalue weighted by molar-refractivity contribution is 7.88. The lowest BCUT2D eigenvalue weighted by Crippen LogP contribution is -2.50. The fraction of sp³-hybridized carbons (Fsp3) is 0.613. The molecule has 0 spiro atoms. The smallest absolute Gasteiger partial charge is 0.534 e. The number of rotatable bonds is 10. The van der Waals surface area contributed by atoms with Gasteiger partial charge in [0.15, 0.2) is 5.75 Å². The van der Waals surface area contributed by atoms with Gasteiger partial charge in [-0.1, -0.05) is 95.1 Å². The van der Waals surface area contributed by atoms with Gasteiger partial charge in [-0.05, 0) is 50.8 Å². The summed E-state index contributed by atoms with van der Waals surface area (Å²) in [7, 11) is -11.7. The summed E-state index contributed by atoms with van der Waals surface area (Å²) < 4.78 is 108. The lowest BCUT2D eigenvalue weighted by molar-refractivity contribution is -0.0500. The van der Waals surface area contributed by atoms with Crippen molar-refractivity contribution in [2.24, 2.45) is 0 Å². The van der Waals surface area contributed by atoms with Crippen LogP contribution in [-0.4, -0.2) is 30.3 Å². The monoisotopic (exact) mass is 664 g/mol. The maximum Gasteiger partial charge on any atom is 0.534 e. The lowest BCUT2D eigenvalue weighted by Gasteiger charge is -2.42. The number of hydrogen-bond donors (Lipinski definition) is 0. The van der Waals surface area contributed by atoms with Crippen molar-refractivity contribution in [1.82, 2.24) is 0 Å². The second kappa shape index (κ2) is 13.1. The third-order valence-electron chi connectivity index (χ3n) is 8.86. The molecule has 2 rings (SSSR count). The Morgan fingerprint density at radius 1 is 0.767 bits per heavy atom. The first kappa shape index (κ1) is 37.1. The standard InChI is InChI=1S/C31H45F5O4SSi2/c1-18(2)42(19(3)4,20(5)6)16-15-25-26(32)14-13-24-17-27(40-43(21(7)8,22(9)10)23(11)12)29(33)30(28(24)25)39-41(37,38)31(34,35)36/h13-14,17-23H,1-12H3. The number of benzene rings is 2. The minimum Gasteiger partial charge on any atom is -0.541 e. The summed E-state index contributed by atoms with van der Waals surface area (Å²) in [5.74, 6) is -1.27. The molecule has 0 heterocycles. The summed E-state index contributed by atoms with van der Waals surface area (Å²) in [6.45, 7) is 23.8. The molecule has 4 nitrogen and oxygen atoms in total. The van der Waals surface area contributed by atoms with Gasteiger partial charge in [0, 0.05) is 5.39 Å². The van der Waals surface area contributed by atoms with Crippen LogP contribution in [0.25, 0.3) is 10.8 Å². The first-order chi connectivity index (χ1) is 19.5. The Bertz CT molecular complexity index is 1440. The number of hydrogen-bond acceptors (Lipinski definition) is 4. The fourth-order valence-electron chi connectivity index (χ4n) is 6.96. The van der Waals surface area contributed by atoms with E-state index in [0.717, 1.165) is 6.07 Å². The average molecular weight is 665 g/mol. The highest BCUT2D eigenvalue weighted by Gasteiger charge is 2.51. The van der Waals surface area contributed by atoms with Gasteiger partial charge in [-0.3, -0.25) is 0 Å². The summed E-state index contributed by atoms with van der Waals surface area (Å²) >= 11 is 0. The van der Waals surface area contributed by atoms with Gasteiger partial charge in [0.1, 0.15) is 19.6 Å². The van der Waals surface area contributed by atoms with Crippen molar-refractivity contribution in [2.75, 3.05) is 0 Å². The molecule has 0 radical (unpaired) electrons. The Balaban J connectivity index is 3.14. The number of alkyl halides is 3. The van der Waals surface area contributed by atoms with Crippen LogP contribution in [0, 0.1) is 23.1 Å². The third kappa shape index (κ3) is 6.78. The van der Waals surface area contributed by atoms with Crippen LogP contribution in [0.3, 0.4) is 0 Å². The highest BCUT2D eigenvalue weighted by atomic mass is 32.2. The van der Waals surface area contributed by atoms with E-state index in [1.54, 1.807) is 0 Å². The molecule has 2 aromatic rings. The number of halogens is 5. The second-order valence-electron chi connectivity index (χ2n) is 13.1. The maximum absolute atomic E-state index is 16.4. The van der Waals surface area contributed by atoms with Crippen LogP contribution in [0.1, 0.15) is 88.6 Å². The van der Waals surface area contributed by atoms with E-state index >= 15 is 8.78 Å². The van der Waals surface area contributed by atoms with E-state index in [0.29, 0.717) is 0 Å². The molecule has 242 valence electrons. The lowest BCUT2D eigenvalue weighted by atomic mass is 10.0. The van der Waals surface area contributed by atoms with E-state index in [9.17, 15) is 21.6 Å².